The maximum atomic E-state index is 12.2. The number of hydrogen-bond donors (Lipinski definition) is 1. The Balaban J connectivity index is 1.50. The molecule has 0 aliphatic carbocycles. The molecule has 1 amide bonds. The van der Waals surface area contributed by atoms with E-state index in [4.69, 9.17) is 4.74 Å². The zero-order valence-electron chi connectivity index (χ0n) is 22.9. The molecule has 204 valence electrons. The van der Waals surface area contributed by atoms with Gasteiger partial charge in [-0.2, -0.15) is 5.10 Å². The average Bonchev–Trinajstić information content (AvgIpc) is 2.91. The van der Waals surface area contributed by atoms with Crippen LogP contribution in [0.15, 0.2) is 58.1 Å². The number of hydrogen-bond acceptors (Lipinski definition) is 3. The molecule has 0 saturated carbocycles. The van der Waals surface area contributed by atoms with Crippen molar-refractivity contribution >= 4 is 28.1 Å². The molecule has 0 aromatic heterocycles. The maximum absolute atomic E-state index is 12.2. The van der Waals surface area contributed by atoms with Gasteiger partial charge in [-0.15, -0.1) is 0 Å². The molecule has 0 atom stereocenters. The lowest BCUT2D eigenvalue weighted by molar-refractivity contribution is -0.121. The van der Waals surface area contributed by atoms with Crippen molar-refractivity contribution in [2.75, 3.05) is 0 Å². The van der Waals surface area contributed by atoms with Crippen molar-refractivity contribution in [1.82, 2.24) is 5.43 Å². The first-order valence-electron chi connectivity index (χ1n) is 14.5. The summed E-state index contributed by atoms with van der Waals surface area (Å²) in [6.07, 6.45) is 22.0. The Kier molecular flexibility index (Phi) is 17.5. The highest BCUT2D eigenvalue weighted by molar-refractivity contribution is 9.10. The number of unbranched alkanes of at least 4 members (excludes halogenated alkanes) is 14. The lowest BCUT2D eigenvalue weighted by Crippen LogP contribution is -2.17. The average molecular weight is 572 g/mol. The number of carbonyl (C=O) groups is 1. The lowest BCUT2D eigenvalue weighted by Gasteiger charge is -2.09. The summed E-state index contributed by atoms with van der Waals surface area (Å²) in [6.45, 7) is 2.76. The molecule has 2 rings (SSSR count). The largest absolute Gasteiger partial charge is 0.488 e. The summed E-state index contributed by atoms with van der Waals surface area (Å²) >= 11 is 3.50. The molecule has 0 fully saturated rings. The van der Waals surface area contributed by atoms with Crippen molar-refractivity contribution in [3.8, 4) is 5.75 Å². The van der Waals surface area contributed by atoms with Crippen LogP contribution in [-0.2, 0) is 11.4 Å². The van der Waals surface area contributed by atoms with E-state index in [9.17, 15) is 4.79 Å². The fourth-order valence-corrected chi connectivity index (χ4v) is 4.75. The summed E-state index contributed by atoms with van der Waals surface area (Å²) in [6, 6.07) is 15.8. The van der Waals surface area contributed by atoms with Gasteiger partial charge in [0.2, 0.25) is 5.91 Å². The number of benzene rings is 2. The quantitative estimate of drug-likeness (QED) is 0.0921. The summed E-state index contributed by atoms with van der Waals surface area (Å²) in [5, 5.41) is 4.16. The van der Waals surface area contributed by atoms with E-state index >= 15 is 0 Å². The standard InChI is InChI=1S/C32H47BrN2O2/c1-2-3-4-5-6-7-8-9-10-11-12-13-14-15-19-22-32(36)35-34-26-29-25-30(33)23-24-31(29)37-27-28-20-17-16-18-21-28/h16-18,20-21,23-26H,2-15,19,22,27H2,1H3,(H,35,36)/b34-26+. The van der Waals surface area contributed by atoms with Crippen LogP contribution >= 0.6 is 15.9 Å². The highest BCUT2D eigenvalue weighted by Gasteiger charge is 2.05. The van der Waals surface area contributed by atoms with Crippen LogP contribution < -0.4 is 10.2 Å². The number of ether oxygens (including phenoxy) is 1. The minimum absolute atomic E-state index is 0.0345. The summed E-state index contributed by atoms with van der Waals surface area (Å²) in [5.41, 5.74) is 4.58. The van der Waals surface area contributed by atoms with Crippen molar-refractivity contribution < 1.29 is 9.53 Å². The van der Waals surface area contributed by atoms with Gasteiger partial charge in [-0.3, -0.25) is 4.79 Å². The monoisotopic (exact) mass is 570 g/mol. The minimum atomic E-state index is -0.0345. The van der Waals surface area contributed by atoms with E-state index < -0.39 is 0 Å². The number of rotatable bonds is 21. The van der Waals surface area contributed by atoms with Crippen LogP contribution in [0.2, 0.25) is 0 Å². The molecule has 4 nitrogen and oxygen atoms in total. The first-order valence-corrected chi connectivity index (χ1v) is 15.3. The van der Waals surface area contributed by atoms with Gasteiger partial charge >= 0.3 is 0 Å². The van der Waals surface area contributed by atoms with Crippen LogP contribution in [0.5, 0.6) is 5.75 Å². The molecule has 0 spiro atoms. The van der Waals surface area contributed by atoms with Gasteiger partial charge < -0.3 is 4.74 Å². The summed E-state index contributed by atoms with van der Waals surface area (Å²) in [5.74, 6) is 0.695. The van der Waals surface area contributed by atoms with Crippen LogP contribution in [0.3, 0.4) is 0 Å². The summed E-state index contributed by atoms with van der Waals surface area (Å²) < 4.78 is 6.91. The second-order valence-electron chi connectivity index (χ2n) is 9.95. The fourth-order valence-electron chi connectivity index (χ4n) is 4.37. The molecule has 0 aliphatic heterocycles. The van der Waals surface area contributed by atoms with Gasteiger partial charge in [-0.05, 0) is 30.2 Å². The maximum Gasteiger partial charge on any atom is 0.240 e. The van der Waals surface area contributed by atoms with Crippen LogP contribution in [0.25, 0.3) is 0 Å². The Labute approximate surface area is 233 Å². The Morgan fingerprint density at radius 1 is 0.811 bits per heavy atom. The molecular weight excluding hydrogens is 524 g/mol. The fraction of sp³-hybridized carbons (Fsp3) is 0.562. The zero-order valence-corrected chi connectivity index (χ0v) is 24.4. The van der Waals surface area contributed by atoms with Gasteiger partial charge in [0.15, 0.2) is 0 Å². The Hall–Kier alpha value is -2.14. The van der Waals surface area contributed by atoms with E-state index in [0.29, 0.717) is 13.0 Å². The molecule has 0 unspecified atom stereocenters. The van der Waals surface area contributed by atoms with Crippen LogP contribution in [0.4, 0.5) is 0 Å². The smallest absolute Gasteiger partial charge is 0.240 e. The van der Waals surface area contributed by atoms with E-state index in [1.807, 2.05) is 48.5 Å². The summed E-state index contributed by atoms with van der Waals surface area (Å²) in [7, 11) is 0. The highest BCUT2D eigenvalue weighted by atomic mass is 79.9. The first kappa shape index (κ1) is 31.1. The predicted octanol–water partition coefficient (Wildman–Crippen LogP) is 9.74. The number of nitrogens with zero attached hydrogens (tertiary/aromatic N) is 1. The third-order valence-corrected chi connectivity index (χ3v) is 7.10. The predicted molar refractivity (Wildman–Crippen MR) is 160 cm³/mol. The SMILES string of the molecule is CCCCCCCCCCCCCCCCCC(=O)N/N=C/c1cc(Br)ccc1OCc1ccccc1. The molecule has 0 saturated heterocycles. The molecule has 0 radical (unpaired) electrons. The zero-order chi connectivity index (χ0) is 26.4. The molecule has 2 aromatic carbocycles. The third kappa shape index (κ3) is 15.7. The number of nitrogens with one attached hydrogen (secondary N) is 1. The molecule has 0 bridgehead atoms. The Morgan fingerprint density at radius 3 is 1.97 bits per heavy atom. The van der Waals surface area contributed by atoms with Crippen molar-refractivity contribution in [2.45, 2.75) is 116 Å². The molecule has 5 heteroatoms. The molecular formula is C32H47BrN2O2. The van der Waals surface area contributed by atoms with E-state index in [1.54, 1.807) is 6.21 Å². The first-order chi connectivity index (χ1) is 18.2. The van der Waals surface area contributed by atoms with E-state index in [0.717, 1.165) is 34.2 Å². The van der Waals surface area contributed by atoms with Crippen molar-refractivity contribution in [1.29, 1.82) is 0 Å². The van der Waals surface area contributed by atoms with Crippen molar-refractivity contribution in [3.05, 3.63) is 64.1 Å². The molecule has 0 heterocycles. The van der Waals surface area contributed by atoms with Crippen LogP contribution in [0.1, 0.15) is 121 Å². The van der Waals surface area contributed by atoms with Crippen molar-refractivity contribution in [2.24, 2.45) is 5.10 Å². The van der Waals surface area contributed by atoms with Gasteiger partial charge in [0.1, 0.15) is 12.4 Å². The van der Waals surface area contributed by atoms with E-state index in [2.05, 4.69) is 33.4 Å². The van der Waals surface area contributed by atoms with Gasteiger partial charge in [-0.25, -0.2) is 5.43 Å². The Morgan fingerprint density at radius 2 is 1.38 bits per heavy atom. The molecule has 1 N–H and O–H groups in total. The summed E-state index contributed by atoms with van der Waals surface area (Å²) in [4.78, 5) is 12.2. The topological polar surface area (TPSA) is 50.7 Å². The van der Waals surface area contributed by atoms with Gasteiger partial charge in [-0.1, -0.05) is 143 Å². The molecule has 0 aliphatic rings. The van der Waals surface area contributed by atoms with E-state index in [1.165, 1.54) is 83.5 Å². The number of hydrazone groups is 1. The second kappa shape index (κ2) is 20.9. The van der Waals surface area contributed by atoms with Gasteiger partial charge in [0, 0.05) is 16.5 Å². The highest BCUT2D eigenvalue weighted by Crippen LogP contribution is 2.23. The minimum Gasteiger partial charge on any atom is -0.488 e. The number of halogens is 1. The third-order valence-electron chi connectivity index (χ3n) is 6.61. The van der Waals surface area contributed by atoms with Crippen LogP contribution in [-0.4, -0.2) is 12.1 Å². The number of carbonyl (C=O) groups excluding carboxylic acids is 1. The normalized spacial score (nSPS) is 11.2. The van der Waals surface area contributed by atoms with Crippen molar-refractivity contribution in [3.63, 3.8) is 0 Å². The number of amides is 1. The molecule has 2 aromatic rings. The second-order valence-corrected chi connectivity index (χ2v) is 10.9. The van der Waals surface area contributed by atoms with E-state index in [-0.39, 0.29) is 5.91 Å². The van der Waals surface area contributed by atoms with Gasteiger partial charge in [0.25, 0.3) is 0 Å². The van der Waals surface area contributed by atoms with Gasteiger partial charge in [0.05, 0.1) is 6.21 Å². The van der Waals surface area contributed by atoms with Crippen LogP contribution in [0, 0.1) is 0 Å². The Bertz CT molecular complexity index is 886. The lowest BCUT2D eigenvalue weighted by atomic mass is 10.0. The molecule has 37 heavy (non-hydrogen) atoms.